The predicted octanol–water partition coefficient (Wildman–Crippen LogP) is 2.01. The first-order valence-corrected chi connectivity index (χ1v) is 10.1. The van der Waals surface area contributed by atoms with Gasteiger partial charge in [0.15, 0.2) is 5.13 Å². The molecule has 0 aliphatic heterocycles. The molecular weight excluding hydrogens is 416 g/mol. The van der Waals surface area contributed by atoms with Crippen molar-refractivity contribution in [2.45, 2.75) is 0 Å². The van der Waals surface area contributed by atoms with Gasteiger partial charge in [-0.15, -0.1) is 11.3 Å². The highest BCUT2D eigenvalue weighted by atomic mass is 32.1. The maximum atomic E-state index is 12.3. The van der Waals surface area contributed by atoms with Crippen molar-refractivity contribution in [3.8, 4) is 11.3 Å². The molecule has 2 aromatic carbocycles. The van der Waals surface area contributed by atoms with Gasteiger partial charge >= 0.3 is 0 Å². The largest absolute Gasteiger partial charge is 0.399 e. The van der Waals surface area contributed by atoms with E-state index in [0.29, 0.717) is 27.5 Å². The van der Waals surface area contributed by atoms with Crippen molar-refractivity contribution >= 4 is 44.7 Å². The molecule has 0 saturated heterocycles. The third kappa shape index (κ3) is 4.43. The summed E-state index contributed by atoms with van der Waals surface area (Å²) in [4.78, 5) is 41.0. The predicted molar refractivity (Wildman–Crippen MR) is 120 cm³/mol. The highest BCUT2D eigenvalue weighted by molar-refractivity contribution is 7.14. The Kier molecular flexibility index (Phi) is 5.46. The number of nitrogens with one attached hydrogen (secondary N) is 2. The number of aromatic nitrogens is 3. The molecule has 0 saturated carbocycles. The molecule has 4 aromatic rings. The number of nitrogens with two attached hydrogens (primary N) is 1. The zero-order valence-electron chi connectivity index (χ0n) is 16.5. The Morgan fingerprint density at radius 3 is 2.71 bits per heavy atom. The normalized spacial score (nSPS) is 10.7. The van der Waals surface area contributed by atoms with Gasteiger partial charge in [-0.25, -0.2) is 9.67 Å². The van der Waals surface area contributed by atoms with Crippen molar-refractivity contribution < 1.29 is 9.59 Å². The van der Waals surface area contributed by atoms with Gasteiger partial charge in [-0.1, -0.05) is 12.1 Å². The lowest BCUT2D eigenvalue weighted by Crippen LogP contribution is -2.32. The molecular formula is C21H18N6O3S. The summed E-state index contributed by atoms with van der Waals surface area (Å²) >= 11 is 1.25. The Morgan fingerprint density at radius 2 is 1.94 bits per heavy atom. The minimum atomic E-state index is -0.400. The summed E-state index contributed by atoms with van der Waals surface area (Å²) in [5.41, 5.74) is 7.76. The lowest BCUT2D eigenvalue weighted by Gasteiger charge is -2.05. The van der Waals surface area contributed by atoms with Crippen LogP contribution < -0.4 is 21.9 Å². The van der Waals surface area contributed by atoms with Gasteiger partial charge in [-0.05, 0) is 30.3 Å². The fourth-order valence-corrected chi connectivity index (χ4v) is 3.65. The Balaban J connectivity index is 1.42. The van der Waals surface area contributed by atoms with E-state index in [1.807, 2.05) is 12.1 Å². The highest BCUT2D eigenvalue weighted by Gasteiger charge is 2.12. The second-order valence-corrected chi connectivity index (χ2v) is 7.62. The van der Waals surface area contributed by atoms with Crippen LogP contribution in [0.5, 0.6) is 0 Å². The van der Waals surface area contributed by atoms with Crippen LogP contribution >= 0.6 is 11.3 Å². The van der Waals surface area contributed by atoms with E-state index in [9.17, 15) is 14.4 Å². The Morgan fingerprint density at radius 1 is 1.16 bits per heavy atom. The molecule has 0 aliphatic rings. The molecule has 156 valence electrons. The van der Waals surface area contributed by atoms with E-state index < -0.39 is 5.91 Å². The first kappa shape index (κ1) is 20.2. The average molecular weight is 434 g/mol. The van der Waals surface area contributed by atoms with Crippen molar-refractivity contribution in [2.75, 3.05) is 17.6 Å². The van der Waals surface area contributed by atoms with Crippen LogP contribution in [0.4, 0.5) is 10.8 Å². The van der Waals surface area contributed by atoms with E-state index in [0.717, 1.165) is 10.9 Å². The van der Waals surface area contributed by atoms with Crippen molar-refractivity contribution in [3.63, 3.8) is 0 Å². The number of carbonyl (C=O) groups excluding carboxylic acids is 2. The van der Waals surface area contributed by atoms with Gasteiger partial charge in [0, 0.05) is 34.6 Å². The van der Waals surface area contributed by atoms with Crippen molar-refractivity contribution in [3.05, 3.63) is 70.0 Å². The molecule has 0 radical (unpaired) electrons. The molecule has 2 aromatic heterocycles. The van der Waals surface area contributed by atoms with Gasteiger partial charge in [0.1, 0.15) is 0 Å². The number of rotatable bonds is 5. The monoisotopic (exact) mass is 434 g/mol. The van der Waals surface area contributed by atoms with Crippen LogP contribution in [-0.4, -0.2) is 33.1 Å². The number of nitrogens with zero attached hydrogens (tertiary/aromatic N) is 3. The van der Waals surface area contributed by atoms with E-state index in [1.54, 1.807) is 49.0 Å². The van der Waals surface area contributed by atoms with Crippen LogP contribution in [-0.2, 0) is 11.8 Å². The number of anilines is 2. The number of hydrogen-bond acceptors (Lipinski definition) is 7. The first-order valence-electron chi connectivity index (χ1n) is 9.26. The minimum absolute atomic E-state index is 0.194. The molecule has 0 unspecified atom stereocenters. The summed E-state index contributed by atoms with van der Waals surface area (Å²) in [6.45, 7) is -0.197. The van der Waals surface area contributed by atoms with E-state index in [1.165, 1.54) is 16.0 Å². The van der Waals surface area contributed by atoms with Crippen molar-refractivity contribution in [2.24, 2.45) is 7.05 Å². The smallest absolute Gasteiger partial charge is 0.274 e. The SMILES string of the molecule is Cn1ncc2ccc(-c3csc(NC(=O)CNC(=O)c4ccc(N)cc4)n3)cc2c1=O. The lowest BCUT2D eigenvalue weighted by atomic mass is 10.1. The summed E-state index contributed by atoms with van der Waals surface area (Å²) < 4.78 is 1.28. The van der Waals surface area contributed by atoms with Crippen LogP contribution in [0.1, 0.15) is 10.4 Å². The number of fused-ring (bicyclic) bond motifs is 1. The van der Waals surface area contributed by atoms with Gasteiger partial charge in [-0.3, -0.25) is 14.4 Å². The fraction of sp³-hybridized carbons (Fsp3) is 0.0952. The molecule has 0 atom stereocenters. The van der Waals surface area contributed by atoms with Gasteiger partial charge in [-0.2, -0.15) is 5.10 Å². The third-order valence-electron chi connectivity index (χ3n) is 4.58. The van der Waals surface area contributed by atoms with Gasteiger partial charge in [0.05, 0.1) is 23.8 Å². The van der Waals surface area contributed by atoms with Crippen molar-refractivity contribution in [1.82, 2.24) is 20.1 Å². The molecule has 2 amide bonds. The molecule has 2 heterocycles. The minimum Gasteiger partial charge on any atom is -0.399 e. The second kappa shape index (κ2) is 8.36. The molecule has 0 bridgehead atoms. The van der Waals surface area contributed by atoms with Gasteiger partial charge < -0.3 is 16.4 Å². The summed E-state index contributed by atoms with van der Waals surface area (Å²) in [5, 5.41) is 12.7. The molecule has 0 spiro atoms. The Hall–Kier alpha value is -4.05. The van der Waals surface area contributed by atoms with E-state index in [-0.39, 0.29) is 18.0 Å². The summed E-state index contributed by atoms with van der Waals surface area (Å²) in [6, 6.07) is 11.8. The maximum absolute atomic E-state index is 12.3. The third-order valence-corrected chi connectivity index (χ3v) is 5.33. The molecule has 9 nitrogen and oxygen atoms in total. The number of hydrogen-bond donors (Lipinski definition) is 3. The van der Waals surface area contributed by atoms with E-state index in [2.05, 4.69) is 20.7 Å². The Bertz CT molecular complexity index is 1340. The molecule has 0 aliphatic carbocycles. The standard InChI is InChI=1S/C21H18N6O3S/c1-27-20(30)16-8-13(2-3-14(16)9-24-27)17-11-31-21(25-17)26-18(28)10-23-19(29)12-4-6-15(22)7-5-12/h2-9,11H,10,22H2,1H3,(H,23,29)(H,25,26,28). The second-order valence-electron chi connectivity index (χ2n) is 6.77. The number of nitrogen functional groups attached to an aromatic ring is 1. The van der Waals surface area contributed by atoms with E-state index >= 15 is 0 Å². The molecule has 31 heavy (non-hydrogen) atoms. The van der Waals surface area contributed by atoms with Crippen LogP contribution in [0.25, 0.3) is 22.0 Å². The maximum Gasteiger partial charge on any atom is 0.274 e. The zero-order chi connectivity index (χ0) is 22.0. The quantitative estimate of drug-likeness (QED) is 0.412. The molecule has 4 rings (SSSR count). The number of amides is 2. The van der Waals surface area contributed by atoms with Crippen LogP contribution in [0.2, 0.25) is 0 Å². The Labute approximate surface area is 180 Å². The molecule has 10 heteroatoms. The van der Waals surface area contributed by atoms with Crippen LogP contribution in [0.15, 0.2) is 58.8 Å². The molecule has 0 fully saturated rings. The summed E-state index contributed by atoms with van der Waals surface area (Å²) in [5.74, 6) is -0.773. The fourth-order valence-electron chi connectivity index (χ4n) is 2.91. The topological polar surface area (TPSA) is 132 Å². The van der Waals surface area contributed by atoms with E-state index in [4.69, 9.17) is 5.73 Å². The number of thiazole rings is 1. The molecule has 4 N–H and O–H groups in total. The van der Waals surface area contributed by atoms with Gasteiger partial charge in [0.2, 0.25) is 5.91 Å². The highest BCUT2D eigenvalue weighted by Crippen LogP contribution is 2.26. The lowest BCUT2D eigenvalue weighted by molar-refractivity contribution is -0.115. The summed E-state index contributed by atoms with van der Waals surface area (Å²) in [6.07, 6.45) is 1.63. The average Bonchev–Trinajstić information content (AvgIpc) is 3.23. The van der Waals surface area contributed by atoms with Gasteiger partial charge in [0.25, 0.3) is 11.5 Å². The van der Waals surface area contributed by atoms with Crippen LogP contribution in [0.3, 0.4) is 0 Å². The number of aryl methyl sites for hydroxylation is 1. The first-order chi connectivity index (χ1) is 14.9. The van der Waals surface area contributed by atoms with Crippen LogP contribution in [0, 0.1) is 0 Å². The van der Waals surface area contributed by atoms with Crippen molar-refractivity contribution in [1.29, 1.82) is 0 Å². The number of carbonyl (C=O) groups is 2. The zero-order valence-corrected chi connectivity index (χ0v) is 17.3. The summed E-state index contributed by atoms with van der Waals surface area (Å²) in [7, 11) is 1.59. The number of benzene rings is 2.